The van der Waals surface area contributed by atoms with Gasteiger partial charge in [-0.25, -0.2) is 0 Å². The van der Waals surface area contributed by atoms with E-state index in [4.69, 9.17) is 5.73 Å². The van der Waals surface area contributed by atoms with E-state index in [0.29, 0.717) is 0 Å². The topological polar surface area (TPSA) is 38.0 Å². The van der Waals surface area contributed by atoms with E-state index in [1.165, 1.54) is 11.1 Å². The molecular weight excluding hydrogens is 228 g/mol. The van der Waals surface area contributed by atoms with Crippen molar-refractivity contribution < 1.29 is 0 Å². The second-order valence-electron chi connectivity index (χ2n) is 3.40. The van der Waals surface area contributed by atoms with Crippen LogP contribution in [0, 0.1) is 0 Å². The number of fused-ring (bicyclic) bond motifs is 1. The van der Waals surface area contributed by atoms with Gasteiger partial charge in [-0.1, -0.05) is 22.0 Å². The molecule has 3 N–H and O–H groups in total. The summed E-state index contributed by atoms with van der Waals surface area (Å²) in [5, 5.41) is 3.32. The lowest BCUT2D eigenvalue weighted by atomic mass is 10.0. The Morgan fingerprint density at radius 3 is 3.15 bits per heavy atom. The largest absolute Gasteiger partial charge is 0.323 e. The van der Waals surface area contributed by atoms with E-state index < -0.39 is 0 Å². The SMILES string of the molecule is NC1CNCCc2cc(Br)ccc21. The highest BCUT2D eigenvalue weighted by Crippen LogP contribution is 2.22. The number of benzene rings is 1. The van der Waals surface area contributed by atoms with Crippen LogP contribution in [0.15, 0.2) is 22.7 Å². The van der Waals surface area contributed by atoms with Crippen molar-refractivity contribution in [2.75, 3.05) is 13.1 Å². The summed E-state index contributed by atoms with van der Waals surface area (Å²) >= 11 is 3.47. The second kappa shape index (κ2) is 3.78. The van der Waals surface area contributed by atoms with Crippen LogP contribution in [-0.4, -0.2) is 13.1 Å². The molecule has 13 heavy (non-hydrogen) atoms. The molecule has 0 saturated heterocycles. The summed E-state index contributed by atoms with van der Waals surface area (Å²) in [6, 6.07) is 6.49. The van der Waals surface area contributed by atoms with Crippen LogP contribution in [0.1, 0.15) is 17.2 Å². The number of hydrogen-bond acceptors (Lipinski definition) is 2. The van der Waals surface area contributed by atoms with Gasteiger partial charge in [0.05, 0.1) is 0 Å². The Morgan fingerprint density at radius 2 is 2.31 bits per heavy atom. The zero-order valence-electron chi connectivity index (χ0n) is 7.39. The molecule has 0 fully saturated rings. The molecule has 1 aliphatic heterocycles. The highest BCUT2D eigenvalue weighted by atomic mass is 79.9. The Balaban J connectivity index is 2.42. The van der Waals surface area contributed by atoms with Crippen LogP contribution in [0.2, 0.25) is 0 Å². The normalized spacial score (nSPS) is 22.2. The second-order valence-corrected chi connectivity index (χ2v) is 4.32. The fourth-order valence-corrected chi connectivity index (χ4v) is 2.15. The van der Waals surface area contributed by atoms with Crippen molar-refractivity contribution in [3.05, 3.63) is 33.8 Å². The average molecular weight is 241 g/mol. The first-order valence-corrected chi connectivity index (χ1v) is 5.31. The van der Waals surface area contributed by atoms with Gasteiger partial charge in [0, 0.05) is 17.1 Å². The van der Waals surface area contributed by atoms with Gasteiger partial charge in [0.2, 0.25) is 0 Å². The summed E-state index contributed by atoms with van der Waals surface area (Å²) in [6.07, 6.45) is 1.07. The third kappa shape index (κ3) is 1.93. The molecule has 1 heterocycles. The van der Waals surface area contributed by atoms with Gasteiger partial charge in [0.15, 0.2) is 0 Å². The molecule has 0 aliphatic carbocycles. The van der Waals surface area contributed by atoms with Crippen LogP contribution in [0.25, 0.3) is 0 Å². The molecule has 0 bridgehead atoms. The first-order chi connectivity index (χ1) is 6.27. The third-order valence-corrected chi connectivity index (χ3v) is 2.93. The Hall–Kier alpha value is -0.380. The lowest BCUT2D eigenvalue weighted by Crippen LogP contribution is -2.25. The molecular formula is C10H13BrN2. The lowest BCUT2D eigenvalue weighted by Gasteiger charge is -2.11. The van der Waals surface area contributed by atoms with Crippen molar-refractivity contribution in [2.24, 2.45) is 5.73 Å². The Morgan fingerprint density at radius 1 is 1.46 bits per heavy atom. The number of nitrogens with two attached hydrogens (primary N) is 1. The molecule has 0 radical (unpaired) electrons. The molecule has 1 aliphatic rings. The van der Waals surface area contributed by atoms with Gasteiger partial charge in [0.1, 0.15) is 0 Å². The molecule has 2 nitrogen and oxygen atoms in total. The third-order valence-electron chi connectivity index (χ3n) is 2.44. The molecule has 1 atom stereocenters. The van der Waals surface area contributed by atoms with Crippen molar-refractivity contribution in [3.63, 3.8) is 0 Å². The Labute approximate surface area is 86.6 Å². The number of rotatable bonds is 0. The summed E-state index contributed by atoms with van der Waals surface area (Å²) in [5.74, 6) is 0. The van der Waals surface area contributed by atoms with E-state index >= 15 is 0 Å². The molecule has 1 aromatic rings. The van der Waals surface area contributed by atoms with Gasteiger partial charge in [-0.3, -0.25) is 0 Å². The lowest BCUT2D eigenvalue weighted by molar-refractivity contribution is 0.626. The maximum atomic E-state index is 6.02. The van der Waals surface area contributed by atoms with Crippen LogP contribution in [0.5, 0.6) is 0 Å². The Bertz CT molecular complexity index is 312. The van der Waals surface area contributed by atoms with Gasteiger partial charge in [-0.2, -0.15) is 0 Å². The summed E-state index contributed by atoms with van der Waals surface area (Å²) in [7, 11) is 0. The first kappa shape index (κ1) is 9.19. The number of nitrogens with one attached hydrogen (secondary N) is 1. The van der Waals surface area contributed by atoms with E-state index in [9.17, 15) is 0 Å². The zero-order chi connectivity index (χ0) is 9.26. The van der Waals surface area contributed by atoms with E-state index in [-0.39, 0.29) is 6.04 Å². The molecule has 0 aromatic heterocycles. The minimum absolute atomic E-state index is 0.144. The maximum Gasteiger partial charge on any atom is 0.0424 e. The van der Waals surface area contributed by atoms with Crippen LogP contribution >= 0.6 is 15.9 Å². The average Bonchev–Trinajstić information content (AvgIpc) is 2.28. The van der Waals surface area contributed by atoms with Gasteiger partial charge in [-0.15, -0.1) is 0 Å². The predicted octanol–water partition coefficient (Wildman–Crippen LogP) is 1.59. The monoisotopic (exact) mass is 240 g/mol. The number of hydrogen-bond donors (Lipinski definition) is 2. The summed E-state index contributed by atoms with van der Waals surface area (Å²) in [4.78, 5) is 0. The molecule has 1 aromatic carbocycles. The zero-order valence-corrected chi connectivity index (χ0v) is 8.97. The highest BCUT2D eigenvalue weighted by Gasteiger charge is 2.14. The van der Waals surface area contributed by atoms with Gasteiger partial charge < -0.3 is 11.1 Å². The van der Waals surface area contributed by atoms with Crippen molar-refractivity contribution in [1.29, 1.82) is 0 Å². The molecule has 0 amide bonds. The highest BCUT2D eigenvalue weighted by molar-refractivity contribution is 9.10. The van der Waals surface area contributed by atoms with Crippen molar-refractivity contribution >= 4 is 15.9 Å². The summed E-state index contributed by atoms with van der Waals surface area (Å²) < 4.78 is 1.14. The maximum absolute atomic E-state index is 6.02. The van der Waals surface area contributed by atoms with E-state index in [1.807, 2.05) is 0 Å². The number of halogens is 1. The minimum atomic E-state index is 0.144. The van der Waals surface area contributed by atoms with Crippen LogP contribution in [0.4, 0.5) is 0 Å². The molecule has 0 spiro atoms. The fourth-order valence-electron chi connectivity index (χ4n) is 1.74. The van der Waals surface area contributed by atoms with Crippen LogP contribution in [-0.2, 0) is 6.42 Å². The van der Waals surface area contributed by atoms with E-state index in [0.717, 1.165) is 24.0 Å². The molecule has 1 unspecified atom stereocenters. The molecule has 3 heteroatoms. The van der Waals surface area contributed by atoms with Gasteiger partial charge in [-0.05, 0) is 36.2 Å². The summed E-state index contributed by atoms with van der Waals surface area (Å²) in [5.41, 5.74) is 8.67. The van der Waals surface area contributed by atoms with E-state index in [2.05, 4.69) is 39.4 Å². The van der Waals surface area contributed by atoms with E-state index in [1.54, 1.807) is 0 Å². The molecule has 70 valence electrons. The quantitative estimate of drug-likeness (QED) is 0.724. The van der Waals surface area contributed by atoms with Crippen molar-refractivity contribution in [2.45, 2.75) is 12.5 Å². The van der Waals surface area contributed by atoms with Crippen molar-refractivity contribution in [3.8, 4) is 0 Å². The standard InChI is InChI=1S/C10H13BrN2/c11-8-1-2-9-7(5-8)3-4-13-6-10(9)12/h1-2,5,10,13H,3-4,6,12H2. The summed E-state index contributed by atoms with van der Waals surface area (Å²) in [6.45, 7) is 1.91. The Kier molecular flexibility index (Phi) is 2.67. The molecule has 0 saturated carbocycles. The fraction of sp³-hybridized carbons (Fsp3) is 0.400. The minimum Gasteiger partial charge on any atom is -0.323 e. The van der Waals surface area contributed by atoms with Crippen LogP contribution in [0.3, 0.4) is 0 Å². The van der Waals surface area contributed by atoms with Gasteiger partial charge in [0.25, 0.3) is 0 Å². The van der Waals surface area contributed by atoms with Crippen LogP contribution < -0.4 is 11.1 Å². The van der Waals surface area contributed by atoms with Crippen molar-refractivity contribution in [1.82, 2.24) is 5.32 Å². The molecule has 2 rings (SSSR count). The first-order valence-electron chi connectivity index (χ1n) is 4.52. The van der Waals surface area contributed by atoms with Gasteiger partial charge >= 0.3 is 0 Å². The smallest absolute Gasteiger partial charge is 0.0424 e. The predicted molar refractivity (Wildman–Crippen MR) is 57.6 cm³/mol.